The third-order valence-corrected chi connectivity index (χ3v) is 6.22. The standard InChI is InChI=1S/C23H24F3N7O3/c24-23(25,26)7-4-18(34)20-30-21(32-22(31-20)36-12-15-10-14(15)11-27)33-8-5-13(6-9-33)16-2-1-3-17(29-16)19(28)35/h1-3,13-15H,4-10,12H2,(H2,28,35)/t14-,15+/m0/s1. The largest absolute Gasteiger partial charge is 0.463 e. The Morgan fingerprint density at radius 1 is 1.17 bits per heavy atom. The molecule has 2 aromatic rings. The average molecular weight is 503 g/mol. The Hall–Kier alpha value is -3.82. The zero-order chi connectivity index (χ0) is 25.9. The third kappa shape index (κ3) is 6.44. The number of halogens is 3. The molecular formula is C23H24F3N7O3. The maximum Gasteiger partial charge on any atom is 0.389 e. The fraction of sp³-hybridized carbons (Fsp3) is 0.522. The summed E-state index contributed by atoms with van der Waals surface area (Å²) < 4.78 is 43.4. The molecule has 10 nitrogen and oxygen atoms in total. The van der Waals surface area contributed by atoms with Crippen molar-refractivity contribution >= 4 is 17.6 Å². The van der Waals surface area contributed by atoms with Gasteiger partial charge in [-0.3, -0.25) is 9.59 Å². The van der Waals surface area contributed by atoms with Crippen LogP contribution in [0.3, 0.4) is 0 Å². The van der Waals surface area contributed by atoms with E-state index in [-0.39, 0.29) is 47.8 Å². The van der Waals surface area contributed by atoms with E-state index in [9.17, 15) is 22.8 Å². The lowest BCUT2D eigenvalue weighted by molar-refractivity contribution is -0.133. The van der Waals surface area contributed by atoms with Gasteiger partial charge in [0.05, 0.1) is 25.0 Å². The molecule has 2 aliphatic rings. The van der Waals surface area contributed by atoms with Gasteiger partial charge in [0, 0.05) is 37.0 Å². The second-order valence-electron chi connectivity index (χ2n) is 8.90. The second kappa shape index (κ2) is 10.4. The number of rotatable bonds is 9. The summed E-state index contributed by atoms with van der Waals surface area (Å²) in [6.45, 7) is 1.12. The molecule has 36 heavy (non-hydrogen) atoms. The number of aromatic nitrogens is 4. The number of hydrogen-bond acceptors (Lipinski definition) is 9. The summed E-state index contributed by atoms with van der Waals surface area (Å²) in [4.78, 5) is 42.4. The zero-order valence-electron chi connectivity index (χ0n) is 19.2. The lowest BCUT2D eigenvalue weighted by Gasteiger charge is -2.31. The van der Waals surface area contributed by atoms with E-state index in [1.54, 1.807) is 17.0 Å². The van der Waals surface area contributed by atoms with Crippen LogP contribution in [0.4, 0.5) is 19.1 Å². The van der Waals surface area contributed by atoms with Crippen molar-refractivity contribution in [2.24, 2.45) is 17.6 Å². The number of piperidine rings is 1. The highest BCUT2D eigenvalue weighted by Gasteiger charge is 2.38. The molecule has 1 amide bonds. The Bertz CT molecular complexity index is 1180. The second-order valence-corrected chi connectivity index (χ2v) is 8.90. The summed E-state index contributed by atoms with van der Waals surface area (Å²) in [7, 11) is 0. The van der Waals surface area contributed by atoms with Crippen molar-refractivity contribution in [1.82, 2.24) is 19.9 Å². The van der Waals surface area contributed by atoms with E-state index in [0.717, 1.165) is 5.69 Å². The van der Waals surface area contributed by atoms with Gasteiger partial charge in [-0.2, -0.15) is 33.4 Å². The number of carbonyl (C=O) groups excluding carboxylic acids is 2. The van der Waals surface area contributed by atoms with Crippen LogP contribution in [0.5, 0.6) is 6.01 Å². The van der Waals surface area contributed by atoms with Gasteiger partial charge >= 0.3 is 12.2 Å². The van der Waals surface area contributed by atoms with Gasteiger partial charge in [-0.1, -0.05) is 6.07 Å². The normalized spacial score (nSPS) is 20.0. The molecule has 0 spiro atoms. The topological polar surface area (TPSA) is 148 Å². The fourth-order valence-electron chi connectivity index (χ4n) is 4.01. The van der Waals surface area contributed by atoms with Crippen molar-refractivity contribution in [1.29, 1.82) is 5.26 Å². The number of ether oxygens (including phenoxy) is 1. The number of nitriles is 1. The molecule has 2 N–H and O–H groups in total. The van der Waals surface area contributed by atoms with Gasteiger partial charge in [0.15, 0.2) is 0 Å². The first-order chi connectivity index (χ1) is 17.1. The summed E-state index contributed by atoms with van der Waals surface area (Å²) in [5.74, 6) is -1.74. The van der Waals surface area contributed by atoms with Crippen LogP contribution in [-0.2, 0) is 0 Å². The predicted molar refractivity (Wildman–Crippen MR) is 119 cm³/mol. The van der Waals surface area contributed by atoms with Crippen molar-refractivity contribution < 1.29 is 27.5 Å². The number of carbonyl (C=O) groups is 2. The van der Waals surface area contributed by atoms with Gasteiger partial charge in [0.1, 0.15) is 5.69 Å². The molecule has 0 radical (unpaired) electrons. The Morgan fingerprint density at radius 2 is 1.92 bits per heavy atom. The van der Waals surface area contributed by atoms with E-state index >= 15 is 0 Å². The van der Waals surface area contributed by atoms with E-state index in [2.05, 4.69) is 26.0 Å². The molecule has 1 saturated carbocycles. The smallest absolute Gasteiger partial charge is 0.389 e. The van der Waals surface area contributed by atoms with Gasteiger partial charge in [0.25, 0.3) is 5.91 Å². The number of alkyl halides is 3. The number of nitrogens with two attached hydrogens (primary N) is 1. The fourth-order valence-corrected chi connectivity index (χ4v) is 4.01. The van der Waals surface area contributed by atoms with Crippen molar-refractivity contribution in [3.8, 4) is 12.1 Å². The van der Waals surface area contributed by atoms with E-state index in [4.69, 9.17) is 15.7 Å². The number of primary amides is 1. The van der Waals surface area contributed by atoms with Crippen LogP contribution in [-0.4, -0.2) is 57.5 Å². The lowest BCUT2D eigenvalue weighted by atomic mass is 9.93. The average Bonchev–Trinajstić information content (AvgIpc) is 3.64. The van der Waals surface area contributed by atoms with Crippen molar-refractivity contribution in [3.63, 3.8) is 0 Å². The van der Waals surface area contributed by atoms with Crippen LogP contribution in [0, 0.1) is 23.2 Å². The lowest BCUT2D eigenvalue weighted by Crippen LogP contribution is -2.35. The van der Waals surface area contributed by atoms with Crippen molar-refractivity contribution in [3.05, 3.63) is 35.4 Å². The van der Waals surface area contributed by atoms with E-state index < -0.39 is 30.7 Å². The number of nitrogens with zero attached hydrogens (tertiary/aromatic N) is 6. The van der Waals surface area contributed by atoms with Crippen LogP contribution in [0.15, 0.2) is 18.2 Å². The first-order valence-corrected chi connectivity index (χ1v) is 11.5. The van der Waals surface area contributed by atoms with Gasteiger partial charge < -0.3 is 15.4 Å². The van der Waals surface area contributed by atoms with Gasteiger partial charge in [-0.25, -0.2) is 4.98 Å². The molecular weight excluding hydrogens is 479 g/mol. The third-order valence-electron chi connectivity index (χ3n) is 6.22. The molecule has 1 aliphatic heterocycles. The molecule has 1 saturated heterocycles. The molecule has 4 rings (SSSR count). The minimum absolute atomic E-state index is 0.0269. The Kier molecular flexibility index (Phi) is 7.32. The van der Waals surface area contributed by atoms with Gasteiger partial charge in [0.2, 0.25) is 17.6 Å². The first kappa shape index (κ1) is 25.3. The number of hydrogen-bond donors (Lipinski definition) is 1. The highest BCUT2D eigenvalue weighted by atomic mass is 19.4. The minimum Gasteiger partial charge on any atom is -0.463 e. The summed E-state index contributed by atoms with van der Waals surface area (Å²) in [6, 6.07) is 7.08. The minimum atomic E-state index is -4.48. The molecule has 0 aromatic carbocycles. The molecule has 2 fully saturated rings. The SMILES string of the molecule is N#C[C@@H]1C[C@@H]1COc1nc(C(=O)CCC(F)(F)F)nc(N2CCC(c3cccc(C(N)=O)n3)CC2)n1. The number of Topliss-reactive ketones (excluding diaryl/α,β-unsaturated/α-hetero) is 1. The maximum absolute atomic E-state index is 12.6. The molecule has 13 heteroatoms. The summed E-state index contributed by atoms with van der Waals surface area (Å²) in [6.07, 6.45) is -4.58. The summed E-state index contributed by atoms with van der Waals surface area (Å²) >= 11 is 0. The highest BCUT2D eigenvalue weighted by Crippen LogP contribution is 2.37. The molecule has 190 valence electrons. The Morgan fingerprint density at radius 3 is 2.56 bits per heavy atom. The predicted octanol–water partition coefficient (Wildman–Crippen LogP) is 2.81. The number of amides is 1. The van der Waals surface area contributed by atoms with Crippen LogP contribution in [0.1, 0.15) is 64.8 Å². The van der Waals surface area contributed by atoms with E-state index in [1.165, 1.54) is 0 Å². The van der Waals surface area contributed by atoms with E-state index in [1.807, 2.05) is 6.07 Å². The molecule has 1 aliphatic carbocycles. The van der Waals surface area contributed by atoms with Gasteiger partial charge in [-0.15, -0.1) is 0 Å². The van der Waals surface area contributed by atoms with Gasteiger partial charge in [-0.05, 0) is 31.4 Å². The van der Waals surface area contributed by atoms with Crippen LogP contribution < -0.4 is 15.4 Å². The van der Waals surface area contributed by atoms with Crippen molar-refractivity contribution in [2.45, 2.75) is 44.2 Å². The van der Waals surface area contributed by atoms with Crippen LogP contribution >= 0.6 is 0 Å². The Labute approximate surface area is 204 Å². The monoisotopic (exact) mass is 503 g/mol. The molecule has 2 atom stereocenters. The molecule has 0 unspecified atom stereocenters. The maximum atomic E-state index is 12.6. The van der Waals surface area contributed by atoms with Crippen molar-refractivity contribution in [2.75, 3.05) is 24.6 Å². The molecule has 3 heterocycles. The summed E-state index contributed by atoms with van der Waals surface area (Å²) in [5, 5.41) is 8.96. The zero-order valence-corrected chi connectivity index (χ0v) is 19.2. The molecule has 2 aromatic heterocycles. The van der Waals surface area contributed by atoms with Crippen LogP contribution in [0.2, 0.25) is 0 Å². The summed E-state index contributed by atoms with van der Waals surface area (Å²) in [5.41, 5.74) is 6.25. The number of anilines is 1. The Balaban J connectivity index is 1.48. The quantitative estimate of drug-likeness (QED) is 0.510. The van der Waals surface area contributed by atoms with Crippen LogP contribution in [0.25, 0.3) is 0 Å². The number of ketones is 1. The number of pyridine rings is 1. The first-order valence-electron chi connectivity index (χ1n) is 11.5. The molecule has 0 bridgehead atoms. The highest BCUT2D eigenvalue weighted by molar-refractivity contribution is 5.92. The van der Waals surface area contributed by atoms with E-state index in [0.29, 0.717) is 32.4 Å².